The molecule has 0 amide bonds. The Morgan fingerprint density at radius 1 is 1.02 bits per heavy atom. The Morgan fingerprint density at radius 2 is 1.69 bits per heavy atom. The Bertz CT molecular complexity index is 1640. The van der Waals surface area contributed by atoms with Crippen LogP contribution >= 0.6 is 11.6 Å². The molecule has 0 spiro atoms. The van der Waals surface area contributed by atoms with Gasteiger partial charge in [-0.2, -0.15) is 0 Å². The second-order valence-electron chi connectivity index (χ2n) is 20.1. The van der Waals surface area contributed by atoms with E-state index in [0.717, 1.165) is 12.0 Å². The molecule has 4 rings (SSSR count). The standard InChI is InChI=1S/C47H83ClN4O12/c1-16-18-49-25-47(57)32(9)60-37(22-45(47,11)58-15)63-38-29(6)41(64-43-39(33(52(13)14)20-28(5)59-43)61-34-24-51-36(48)19-27(34)4)44(10,55)21-26(3)23-50-31(8)40(53)46(12,56)35(17-2)62-42(54)30(38)7/h19,24,26,28-33,35,37-41,43,49-50,53,55-57H,16-18,20-23,25H2,1-15H3/t26-,28-,29+,30-,31-,32+,33+,35-,37+,38+,39-,40-,41-,43+,44-,45-,46-,47+/m1/s1. The molecule has 1 aromatic heterocycles. The number of rotatable bonds is 13. The number of aliphatic hydroxyl groups excluding tert-OH is 1. The molecule has 370 valence electrons. The van der Waals surface area contributed by atoms with Gasteiger partial charge >= 0.3 is 5.97 Å². The highest BCUT2D eigenvalue weighted by molar-refractivity contribution is 6.29. The second-order valence-corrected chi connectivity index (χ2v) is 20.4. The number of likely N-dealkylation sites (N-methyl/N-ethyl adjacent to an activating group) is 1. The maximum absolute atomic E-state index is 14.6. The molecular weight excluding hydrogens is 848 g/mol. The first kappa shape index (κ1) is 54.8. The van der Waals surface area contributed by atoms with E-state index in [-0.39, 0.29) is 43.9 Å². The van der Waals surface area contributed by atoms with Crippen molar-refractivity contribution in [3.63, 3.8) is 0 Å². The van der Waals surface area contributed by atoms with E-state index >= 15 is 0 Å². The lowest BCUT2D eigenvalue weighted by molar-refractivity contribution is -0.335. The third kappa shape index (κ3) is 12.5. The second kappa shape index (κ2) is 22.6. The Morgan fingerprint density at radius 3 is 2.28 bits per heavy atom. The normalized spacial score (nSPS) is 43.3. The monoisotopic (exact) mass is 931 g/mol. The van der Waals surface area contributed by atoms with Crippen LogP contribution in [0.1, 0.15) is 114 Å². The van der Waals surface area contributed by atoms with Crippen LogP contribution in [0.3, 0.4) is 0 Å². The third-order valence-electron chi connectivity index (χ3n) is 14.3. The van der Waals surface area contributed by atoms with Crippen LogP contribution < -0.4 is 15.4 Å². The van der Waals surface area contributed by atoms with Gasteiger partial charge in [-0.1, -0.05) is 39.3 Å². The number of esters is 1. The van der Waals surface area contributed by atoms with Crippen molar-refractivity contribution in [1.82, 2.24) is 20.5 Å². The van der Waals surface area contributed by atoms with E-state index in [1.165, 1.54) is 6.92 Å². The Hall–Kier alpha value is -1.77. The van der Waals surface area contributed by atoms with Gasteiger partial charge in [-0.25, -0.2) is 4.98 Å². The third-order valence-corrected chi connectivity index (χ3v) is 14.5. The van der Waals surface area contributed by atoms with Gasteiger partial charge in [-0.3, -0.25) is 4.79 Å². The SMILES string of the molecule is CCCNC[C@]1(O)[C@H](C)O[C@@H](O[C@H]2[C@H](C)[C@@H](O[C@@H]3O[C@H](C)C[C@H](N(C)C)[C@H]3Oc3cnc(Cl)cc3C)[C@](C)(O)C[C@@H](C)CN[C@H](C)[C@@H](O)[C@](C)(O)[C@@H](CC)OC(=O)[C@@H]2C)C[C@@]1(C)OC. The van der Waals surface area contributed by atoms with Crippen LogP contribution in [-0.4, -0.2) is 167 Å². The molecule has 0 aromatic carbocycles. The Labute approximate surface area is 387 Å². The topological polar surface area (TPSA) is 203 Å². The Kier molecular flexibility index (Phi) is 19.3. The summed E-state index contributed by atoms with van der Waals surface area (Å²) in [5.41, 5.74) is -5.26. The fraction of sp³-hybridized carbons (Fsp3) is 0.872. The number of hydrogen-bond donors (Lipinski definition) is 6. The molecule has 3 aliphatic heterocycles. The van der Waals surface area contributed by atoms with Crippen molar-refractivity contribution < 1.29 is 58.4 Å². The quantitative estimate of drug-likeness (QED) is 0.0924. The largest absolute Gasteiger partial charge is 0.482 e. The van der Waals surface area contributed by atoms with E-state index in [0.29, 0.717) is 30.4 Å². The van der Waals surface area contributed by atoms with Crippen molar-refractivity contribution in [3.05, 3.63) is 23.0 Å². The highest BCUT2D eigenvalue weighted by atomic mass is 35.5. The number of ether oxygens (including phenoxy) is 7. The molecule has 18 atom stereocenters. The number of pyridine rings is 1. The summed E-state index contributed by atoms with van der Waals surface area (Å²) in [6, 6.07) is 0.915. The first-order chi connectivity index (χ1) is 29.8. The molecule has 3 fully saturated rings. The van der Waals surface area contributed by atoms with Crippen LogP contribution in [-0.2, 0) is 33.2 Å². The average molecular weight is 932 g/mol. The van der Waals surface area contributed by atoms with Gasteiger partial charge < -0.3 is 69.1 Å². The molecule has 0 radical (unpaired) electrons. The van der Waals surface area contributed by atoms with Crippen molar-refractivity contribution in [3.8, 4) is 5.75 Å². The van der Waals surface area contributed by atoms with E-state index in [2.05, 4.69) is 20.5 Å². The number of cyclic esters (lactones) is 1. The molecule has 0 unspecified atom stereocenters. The Balaban J connectivity index is 1.87. The predicted octanol–water partition coefficient (Wildman–Crippen LogP) is 4.37. The lowest BCUT2D eigenvalue weighted by Gasteiger charge is -2.53. The van der Waals surface area contributed by atoms with Crippen LogP contribution in [0.2, 0.25) is 5.15 Å². The molecule has 3 saturated heterocycles. The summed E-state index contributed by atoms with van der Waals surface area (Å²) >= 11 is 6.24. The summed E-state index contributed by atoms with van der Waals surface area (Å²) in [5, 5.41) is 55.4. The van der Waals surface area contributed by atoms with Crippen molar-refractivity contribution in [2.75, 3.05) is 40.8 Å². The number of halogens is 1. The molecule has 3 aliphatic rings. The van der Waals surface area contributed by atoms with Gasteiger partial charge in [0.1, 0.15) is 39.9 Å². The van der Waals surface area contributed by atoms with E-state index in [9.17, 15) is 25.2 Å². The number of aromatic nitrogens is 1. The number of carbonyl (C=O) groups is 1. The van der Waals surface area contributed by atoms with Crippen LogP contribution in [0.5, 0.6) is 5.75 Å². The lowest BCUT2D eigenvalue weighted by Crippen LogP contribution is -2.70. The molecule has 1 aromatic rings. The van der Waals surface area contributed by atoms with E-state index in [1.54, 1.807) is 54.0 Å². The number of nitrogens with zero attached hydrogens (tertiary/aromatic N) is 2. The van der Waals surface area contributed by atoms with Gasteiger partial charge in [0.05, 0.1) is 48.2 Å². The van der Waals surface area contributed by atoms with Gasteiger partial charge in [0.15, 0.2) is 18.7 Å². The van der Waals surface area contributed by atoms with Gasteiger partial charge in [0.25, 0.3) is 0 Å². The van der Waals surface area contributed by atoms with Crippen molar-refractivity contribution in [2.24, 2.45) is 17.8 Å². The smallest absolute Gasteiger partial charge is 0.311 e. The minimum atomic E-state index is -1.83. The van der Waals surface area contributed by atoms with E-state index < -0.39 is 95.5 Å². The summed E-state index contributed by atoms with van der Waals surface area (Å²) in [6.45, 7) is 23.0. The number of nitrogens with one attached hydrogen (secondary N) is 2. The molecule has 0 aliphatic carbocycles. The van der Waals surface area contributed by atoms with Gasteiger partial charge in [-0.05, 0) is 126 Å². The molecule has 17 heteroatoms. The molecule has 0 saturated carbocycles. The molecule has 16 nitrogen and oxygen atoms in total. The molecule has 4 heterocycles. The average Bonchev–Trinajstić information content (AvgIpc) is 3.22. The first-order valence-corrected chi connectivity index (χ1v) is 23.8. The number of aliphatic hydroxyl groups is 4. The number of hydrogen-bond acceptors (Lipinski definition) is 16. The number of methoxy groups -OCH3 is 1. The van der Waals surface area contributed by atoms with Gasteiger partial charge in [-0.15, -0.1) is 0 Å². The minimum Gasteiger partial charge on any atom is -0.482 e. The molecule has 0 bridgehead atoms. The zero-order valence-electron chi connectivity index (χ0n) is 41.2. The zero-order valence-corrected chi connectivity index (χ0v) is 42.0. The molecular formula is C47H83ClN4O12. The fourth-order valence-corrected chi connectivity index (χ4v) is 10.3. The van der Waals surface area contributed by atoms with Gasteiger partial charge in [0.2, 0.25) is 0 Å². The van der Waals surface area contributed by atoms with E-state index in [4.69, 9.17) is 44.8 Å². The minimum absolute atomic E-state index is 0.0856. The van der Waals surface area contributed by atoms with Gasteiger partial charge in [0, 0.05) is 32.0 Å². The predicted molar refractivity (Wildman–Crippen MR) is 244 cm³/mol. The highest BCUT2D eigenvalue weighted by Crippen LogP contribution is 2.43. The number of carbonyl (C=O) groups excluding carboxylic acids is 1. The summed E-state index contributed by atoms with van der Waals surface area (Å²) in [5.74, 6) is -2.22. The lowest BCUT2D eigenvalue weighted by atomic mass is 9.75. The van der Waals surface area contributed by atoms with E-state index in [1.807, 2.05) is 55.6 Å². The highest BCUT2D eigenvalue weighted by Gasteiger charge is 2.58. The maximum atomic E-state index is 14.6. The fourth-order valence-electron chi connectivity index (χ4n) is 10.1. The van der Waals surface area contributed by atoms with Crippen LogP contribution in [0.4, 0.5) is 0 Å². The summed E-state index contributed by atoms with van der Waals surface area (Å²) in [7, 11) is 5.48. The number of aryl methyl sites for hydroxylation is 1. The van der Waals surface area contributed by atoms with Crippen molar-refractivity contribution in [2.45, 2.75) is 205 Å². The first-order valence-electron chi connectivity index (χ1n) is 23.4. The van der Waals surface area contributed by atoms with Crippen molar-refractivity contribution in [1.29, 1.82) is 0 Å². The molecule has 6 N–H and O–H groups in total. The van der Waals surface area contributed by atoms with Crippen LogP contribution in [0.15, 0.2) is 12.3 Å². The summed E-state index contributed by atoms with van der Waals surface area (Å²) < 4.78 is 46.3. The summed E-state index contributed by atoms with van der Waals surface area (Å²) in [4.78, 5) is 20.9. The maximum Gasteiger partial charge on any atom is 0.311 e. The van der Waals surface area contributed by atoms with Crippen LogP contribution in [0, 0.1) is 24.7 Å². The zero-order chi connectivity index (χ0) is 48.1. The van der Waals surface area contributed by atoms with Crippen molar-refractivity contribution >= 4 is 17.6 Å². The van der Waals surface area contributed by atoms with Crippen LogP contribution in [0.25, 0.3) is 0 Å². The molecule has 64 heavy (non-hydrogen) atoms. The summed E-state index contributed by atoms with van der Waals surface area (Å²) in [6.07, 6.45) is -4.79.